The van der Waals surface area contributed by atoms with E-state index >= 15 is 0 Å². The summed E-state index contributed by atoms with van der Waals surface area (Å²) >= 11 is 1.34. The van der Waals surface area contributed by atoms with Gasteiger partial charge >= 0.3 is 12.1 Å². The Hall–Kier alpha value is -3.40. The average Bonchev–Trinajstić information content (AvgIpc) is 3.33. The van der Waals surface area contributed by atoms with E-state index in [1.165, 1.54) is 23.5 Å². The van der Waals surface area contributed by atoms with Crippen molar-refractivity contribution in [3.05, 3.63) is 64.5 Å². The first-order chi connectivity index (χ1) is 15.2. The van der Waals surface area contributed by atoms with E-state index < -0.39 is 17.7 Å². The Morgan fingerprint density at radius 3 is 2.59 bits per heavy atom. The maximum atomic E-state index is 12.8. The molecule has 6 nitrogen and oxygen atoms in total. The Bertz CT molecular complexity index is 1260. The van der Waals surface area contributed by atoms with E-state index in [9.17, 15) is 18.0 Å². The number of hydrogen-bond donors (Lipinski definition) is 1. The summed E-state index contributed by atoms with van der Waals surface area (Å²) in [5.41, 5.74) is 1.60. The summed E-state index contributed by atoms with van der Waals surface area (Å²) in [5.74, 6) is -0.161. The van der Waals surface area contributed by atoms with Gasteiger partial charge in [-0.05, 0) is 31.2 Å². The first kappa shape index (κ1) is 21.8. The van der Waals surface area contributed by atoms with E-state index in [-0.39, 0.29) is 19.4 Å². The molecule has 0 saturated heterocycles. The van der Waals surface area contributed by atoms with Crippen LogP contribution in [0.3, 0.4) is 0 Å². The second-order valence-corrected chi connectivity index (χ2v) is 8.08. The zero-order valence-electron chi connectivity index (χ0n) is 16.8. The molecule has 0 atom stereocenters. The van der Waals surface area contributed by atoms with Gasteiger partial charge < -0.3 is 14.3 Å². The zero-order valence-corrected chi connectivity index (χ0v) is 17.6. The van der Waals surface area contributed by atoms with E-state index in [1.54, 1.807) is 18.2 Å². The summed E-state index contributed by atoms with van der Waals surface area (Å²) in [6.45, 7) is 2.00. The summed E-state index contributed by atoms with van der Waals surface area (Å²) in [6, 6.07) is 10.1. The molecule has 0 aliphatic carbocycles. The molecular weight excluding hydrogens is 445 g/mol. The summed E-state index contributed by atoms with van der Waals surface area (Å²) in [4.78, 5) is 20.3. The molecule has 1 N–H and O–H groups in total. The third-order valence-electron chi connectivity index (χ3n) is 4.69. The highest BCUT2D eigenvalue weighted by atomic mass is 32.1. The van der Waals surface area contributed by atoms with Crippen LogP contribution >= 0.6 is 11.3 Å². The van der Waals surface area contributed by atoms with Gasteiger partial charge in [-0.15, -0.1) is 11.3 Å². The molecule has 4 rings (SSSR count). The highest BCUT2D eigenvalue weighted by molar-refractivity contribution is 7.15. The fraction of sp³-hybridized carbons (Fsp3) is 0.227. The van der Waals surface area contributed by atoms with Crippen LogP contribution < -0.4 is 4.74 Å². The van der Waals surface area contributed by atoms with Gasteiger partial charge in [0, 0.05) is 12.0 Å². The van der Waals surface area contributed by atoms with Gasteiger partial charge in [-0.25, -0.2) is 9.97 Å². The van der Waals surface area contributed by atoms with Gasteiger partial charge in [0.25, 0.3) is 0 Å². The largest absolute Gasteiger partial charge is 0.484 e. The van der Waals surface area contributed by atoms with Gasteiger partial charge in [-0.2, -0.15) is 13.2 Å². The number of aromatic nitrogens is 2. The molecule has 4 aromatic rings. The van der Waals surface area contributed by atoms with Gasteiger partial charge in [-0.1, -0.05) is 18.2 Å². The first-order valence-electron chi connectivity index (χ1n) is 9.57. The number of fused-ring (bicyclic) bond motifs is 1. The Morgan fingerprint density at radius 2 is 1.91 bits per heavy atom. The van der Waals surface area contributed by atoms with E-state index in [4.69, 9.17) is 14.3 Å². The van der Waals surface area contributed by atoms with Gasteiger partial charge in [-0.3, -0.25) is 4.79 Å². The molecule has 2 heterocycles. The second-order valence-electron chi connectivity index (χ2n) is 7.00. The lowest BCUT2D eigenvalue weighted by Crippen LogP contribution is -2.03. The minimum atomic E-state index is -4.38. The summed E-state index contributed by atoms with van der Waals surface area (Å²) in [6.07, 6.45) is -4.30. The number of carboxylic acid groups (broad SMARTS) is 1. The quantitative estimate of drug-likeness (QED) is 0.369. The average molecular weight is 462 g/mol. The van der Waals surface area contributed by atoms with Crippen molar-refractivity contribution < 1.29 is 32.2 Å². The van der Waals surface area contributed by atoms with Crippen LogP contribution in [0.1, 0.15) is 28.4 Å². The molecule has 10 heteroatoms. The third kappa shape index (κ3) is 4.75. The summed E-state index contributed by atoms with van der Waals surface area (Å²) < 4.78 is 49.9. The number of carboxylic acids is 1. The molecule has 0 aliphatic rings. The number of halogens is 3. The number of para-hydroxylation sites is 1. The van der Waals surface area contributed by atoms with Crippen molar-refractivity contribution >= 4 is 28.4 Å². The van der Waals surface area contributed by atoms with Gasteiger partial charge in [0.05, 0.1) is 22.6 Å². The number of oxazole rings is 1. The maximum absolute atomic E-state index is 12.8. The van der Waals surface area contributed by atoms with Crippen LogP contribution in [0.4, 0.5) is 13.2 Å². The predicted octanol–water partition coefficient (Wildman–Crippen LogP) is 5.87. The molecular formula is C22H17F3N2O4S. The van der Waals surface area contributed by atoms with Crippen LogP contribution in [0.15, 0.2) is 46.9 Å². The number of rotatable bonds is 7. The molecule has 0 unspecified atom stereocenters. The van der Waals surface area contributed by atoms with E-state index in [0.29, 0.717) is 33.3 Å². The molecule has 166 valence electrons. The number of hydrogen-bond acceptors (Lipinski definition) is 6. The highest BCUT2D eigenvalue weighted by Gasteiger charge is 2.30. The number of aliphatic carboxylic acids is 1. The van der Waals surface area contributed by atoms with Crippen LogP contribution in [0.25, 0.3) is 21.7 Å². The maximum Gasteiger partial charge on any atom is 0.416 e. The van der Waals surface area contributed by atoms with Crippen molar-refractivity contribution in [3.63, 3.8) is 0 Å². The second kappa shape index (κ2) is 8.62. The lowest BCUT2D eigenvalue weighted by molar-refractivity contribution is -0.138. The van der Waals surface area contributed by atoms with E-state index in [1.807, 2.05) is 6.92 Å². The van der Waals surface area contributed by atoms with Crippen LogP contribution in [0, 0.1) is 6.92 Å². The minimum absolute atomic E-state index is 0.0875. The molecule has 0 saturated carbocycles. The van der Waals surface area contributed by atoms with E-state index in [2.05, 4.69) is 9.97 Å². The number of ether oxygens (including phenoxy) is 1. The molecule has 0 fully saturated rings. The third-order valence-corrected chi connectivity index (χ3v) is 5.87. The Morgan fingerprint density at radius 1 is 1.16 bits per heavy atom. The van der Waals surface area contributed by atoms with Crippen LogP contribution in [0.5, 0.6) is 5.75 Å². The number of thiazole rings is 1. The molecule has 2 aromatic heterocycles. The smallest absolute Gasteiger partial charge is 0.416 e. The fourth-order valence-corrected chi connectivity index (χ4v) is 4.02. The molecule has 32 heavy (non-hydrogen) atoms. The number of nitrogens with zero attached hydrogens (tertiary/aromatic N) is 2. The zero-order chi connectivity index (χ0) is 22.9. The van der Waals surface area contributed by atoms with Crippen molar-refractivity contribution in [2.75, 3.05) is 0 Å². The topological polar surface area (TPSA) is 85.5 Å². The predicted molar refractivity (Wildman–Crippen MR) is 112 cm³/mol. The first-order valence-corrected chi connectivity index (χ1v) is 10.4. The summed E-state index contributed by atoms with van der Waals surface area (Å²) in [5, 5.41) is 9.43. The monoisotopic (exact) mass is 462 g/mol. The van der Waals surface area contributed by atoms with Crippen molar-refractivity contribution in [1.29, 1.82) is 0 Å². The molecule has 0 radical (unpaired) electrons. The Balaban J connectivity index is 1.50. The fourth-order valence-electron chi connectivity index (χ4n) is 3.03. The van der Waals surface area contributed by atoms with Crippen molar-refractivity contribution in [2.45, 2.75) is 32.5 Å². The van der Waals surface area contributed by atoms with Crippen LogP contribution in [-0.4, -0.2) is 21.0 Å². The lowest BCUT2D eigenvalue weighted by Gasteiger charge is -2.06. The SMILES string of the molecule is Cc1nc(-c2ccc(C(F)(F)F)cc2)sc1COc1cccc2nc(CCC(=O)O)oc12. The minimum Gasteiger partial charge on any atom is -0.484 e. The van der Waals surface area contributed by atoms with Crippen LogP contribution in [0.2, 0.25) is 0 Å². The standard InChI is InChI=1S/C22H17F3N2O4S/c1-12-17(32-21(26-12)13-5-7-14(8-6-13)22(23,24)25)11-30-16-4-2-3-15-20(16)31-18(27-15)9-10-19(28)29/h2-8H,9-11H2,1H3,(H,28,29). The summed E-state index contributed by atoms with van der Waals surface area (Å²) in [7, 11) is 0. The molecule has 0 amide bonds. The van der Waals surface area contributed by atoms with Gasteiger partial charge in [0.2, 0.25) is 0 Å². The van der Waals surface area contributed by atoms with Gasteiger partial charge in [0.15, 0.2) is 17.2 Å². The van der Waals surface area contributed by atoms with E-state index in [0.717, 1.165) is 22.7 Å². The number of carbonyl (C=O) groups is 1. The number of aryl methyl sites for hydroxylation is 2. The Labute approximate surface area is 184 Å². The van der Waals surface area contributed by atoms with Crippen LogP contribution in [-0.2, 0) is 24.0 Å². The normalized spacial score (nSPS) is 11.8. The lowest BCUT2D eigenvalue weighted by atomic mass is 10.1. The molecule has 0 aliphatic heterocycles. The Kier molecular flexibility index (Phi) is 5.88. The highest BCUT2D eigenvalue weighted by Crippen LogP contribution is 2.34. The molecule has 0 bridgehead atoms. The van der Waals surface area contributed by atoms with Crippen molar-refractivity contribution in [3.8, 4) is 16.3 Å². The van der Waals surface area contributed by atoms with Crippen molar-refractivity contribution in [1.82, 2.24) is 9.97 Å². The number of alkyl halides is 3. The number of benzene rings is 2. The van der Waals surface area contributed by atoms with Gasteiger partial charge in [0.1, 0.15) is 17.1 Å². The van der Waals surface area contributed by atoms with Crippen molar-refractivity contribution in [2.24, 2.45) is 0 Å². The molecule has 0 spiro atoms. The molecule has 2 aromatic carbocycles.